The first-order chi connectivity index (χ1) is 12.8. The largest absolute Gasteiger partial charge is 0.353 e. The Morgan fingerprint density at radius 2 is 1.85 bits per heavy atom. The fraction of sp³-hybridized carbons (Fsp3) is 0.556. The third-order valence-electron chi connectivity index (χ3n) is 5.23. The highest BCUT2D eigenvalue weighted by Gasteiger charge is 2.31. The average molecular weight is 414 g/mol. The number of nitrogens with one attached hydrogen (secondary N) is 2. The van der Waals surface area contributed by atoms with E-state index in [-0.39, 0.29) is 35.1 Å². The summed E-state index contributed by atoms with van der Waals surface area (Å²) >= 11 is 5.80. The van der Waals surface area contributed by atoms with E-state index in [4.69, 9.17) is 11.6 Å². The Morgan fingerprint density at radius 1 is 1.19 bits per heavy atom. The van der Waals surface area contributed by atoms with Gasteiger partial charge in [0.25, 0.3) is 0 Å². The molecule has 0 atom stereocenters. The zero-order valence-electron chi connectivity index (χ0n) is 15.0. The first-order valence-corrected chi connectivity index (χ1v) is 11.0. The molecule has 0 spiro atoms. The highest BCUT2D eigenvalue weighted by molar-refractivity contribution is 7.89. The number of nitrogens with zero attached hydrogens (tertiary/aromatic N) is 1. The van der Waals surface area contributed by atoms with Crippen LogP contribution in [-0.4, -0.2) is 51.3 Å². The van der Waals surface area contributed by atoms with Crippen LogP contribution in [0.3, 0.4) is 0 Å². The summed E-state index contributed by atoms with van der Waals surface area (Å²) in [6.45, 7) is 1.56. The van der Waals surface area contributed by atoms with Crippen molar-refractivity contribution in [2.45, 2.75) is 30.6 Å². The summed E-state index contributed by atoms with van der Waals surface area (Å²) in [5.74, 6) is 0.0748. The second-order valence-corrected chi connectivity index (χ2v) is 9.34. The van der Waals surface area contributed by atoms with Crippen LogP contribution in [0.2, 0.25) is 5.02 Å². The molecule has 1 aromatic carbocycles. The van der Waals surface area contributed by atoms with Gasteiger partial charge in [-0.1, -0.05) is 11.6 Å². The van der Waals surface area contributed by atoms with Crippen LogP contribution < -0.4 is 10.0 Å². The molecule has 1 heterocycles. The molecule has 2 fully saturated rings. The van der Waals surface area contributed by atoms with E-state index in [9.17, 15) is 18.0 Å². The summed E-state index contributed by atoms with van der Waals surface area (Å²) in [6, 6.07) is 6.06. The van der Waals surface area contributed by atoms with E-state index in [1.165, 1.54) is 12.1 Å². The minimum Gasteiger partial charge on any atom is -0.353 e. The lowest BCUT2D eigenvalue weighted by Crippen LogP contribution is -2.52. The number of hydrogen-bond donors (Lipinski definition) is 2. The van der Waals surface area contributed by atoms with Crippen molar-refractivity contribution in [3.63, 3.8) is 0 Å². The van der Waals surface area contributed by atoms with Crippen molar-refractivity contribution in [2.75, 3.05) is 26.2 Å². The van der Waals surface area contributed by atoms with Crippen molar-refractivity contribution in [2.24, 2.45) is 11.8 Å². The Balaban J connectivity index is 1.47. The van der Waals surface area contributed by atoms with Crippen molar-refractivity contribution < 1.29 is 18.0 Å². The third-order valence-corrected chi connectivity index (χ3v) is 6.92. The minimum atomic E-state index is -3.56. The molecule has 0 aromatic heterocycles. The summed E-state index contributed by atoms with van der Waals surface area (Å²) in [6.07, 6.45) is 3.04. The topological polar surface area (TPSA) is 95.6 Å². The monoisotopic (exact) mass is 413 g/mol. The van der Waals surface area contributed by atoms with Gasteiger partial charge in [0.1, 0.15) is 0 Å². The van der Waals surface area contributed by atoms with Crippen LogP contribution >= 0.6 is 11.6 Å². The summed E-state index contributed by atoms with van der Waals surface area (Å²) < 4.78 is 27.3. The van der Waals surface area contributed by atoms with E-state index in [1.54, 1.807) is 17.0 Å². The molecule has 0 bridgehead atoms. The predicted molar refractivity (Wildman–Crippen MR) is 102 cm³/mol. The van der Waals surface area contributed by atoms with E-state index in [1.807, 2.05) is 0 Å². The lowest BCUT2D eigenvalue weighted by molar-refractivity contribution is -0.142. The van der Waals surface area contributed by atoms with Crippen LogP contribution in [0.15, 0.2) is 29.2 Å². The Morgan fingerprint density at radius 3 is 2.48 bits per heavy atom. The molecule has 1 aromatic rings. The molecule has 9 heteroatoms. The predicted octanol–water partition coefficient (Wildman–Crippen LogP) is 1.38. The van der Waals surface area contributed by atoms with Gasteiger partial charge in [0.05, 0.1) is 11.4 Å². The lowest BCUT2D eigenvalue weighted by atomic mass is 9.81. The lowest BCUT2D eigenvalue weighted by Gasteiger charge is -2.33. The van der Waals surface area contributed by atoms with Crippen LogP contribution in [0.25, 0.3) is 0 Å². The van der Waals surface area contributed by atoms with Crippen LogP contribution in [0, 0.1) is 11.8 Å². The molecule has 1 saturated heterocycles. The number of piperazine rings is 1. The first-order valence-electron chi connectivity index (χ1n) is 9.16. The van der Waals surface area contributed by atoms with Gasteiger partial charge >= 0.3 is 0 Å². The van der Waals surface area contributed by atoms with Crippen molar-refractivity contribution in [3.05, 3.63) is 29.3 Å². The fourth-order valence-corrected chi connectivity index (χ4v) is 4.87. The Kier molecular flexibility index (Phi) is 6.39. The Labute approximate surface area is 164 Å². The van der Waals surface area contributed by atoms with E-state index >= 15 is 0 Å². The standard InChI is InChI=1S/C18H24ClN3O4S/c19-15-5-7-16(8-6-15)27(25,26)21-11-13-1-3-14(4-2-13)18(24)22-10-9-20-17(23)12-22/h5-8,13-14,21H,1-4,9-12H2,(H,20,23). The van der Waals surface area contributed by atoms with Gasteiger partial charge in [-0.25, -0.2) is 13.1 Å². The summed E-state index contributed by atoms with van der Waals surface area (Å²) in [4.78, 5) is 25.8. The van der Waals surface area contributed by atoms with Crippen LogP contribution in [-0.2, 0) is 19.6 Å². The van der Waals surface area contributed by atoms with Crippen LogP contribution in [0.5, 0.6) is 0 Å². The van der Waals surface area contributed by atoms with Gasteiger partial charge in [-0.15, -0.1) is 0 Å². The van der Waals surface area contributed by atoms with Crippen molar-refractivity contribution in [1.82, 2.24) is 14.9 Å². The molecule has 148 valence electrons. The van der Waals surface area contributed by atoms with Gasteiger partial charge in [0.15, 0.2) is 0 Å². The van der Waals surface area contributed by atoms with E-state index in [2.05, 4.69) is 10.0 Å². The van der Waals surface area contributed by atoms with Gasteiger partial charge < -0.3 is 10.2 Å². The molecule has 1 aliphatic carbocycles. The van der Waals surface area contributed by atoms with E-state index in [0.29, 0.717) is 24.7 Å². The molecule has 1 saturated carbocycles. The van der Waals surface area contributed by atoms with Crippen molar-refractivity contribution in [3.8, 4) is 0 Å². The van der Waals surface area contributed by atoms with Crippen molar-refractivity contribution >= 4 is 33.4 Å². The van der Waals surface area contributed by atoms with Crippen LogP contribution in [0.1, 0.15) is 25.7 Å². The fourth-order valence-electron chi connectivity index (χ4n) is 3.62. The molecular weight excluding hydrogens is 390 g/mol. The molecule has 2 amide bonds. The number of rotatable bonds is 5. The maximum absolute atomic E-state index is 12.6. The van der Waals surface area contributed by atoms with Gasteiger partial charge in [-0.2, -0.15) is 0 Å². The molecule has 1 aliphatic heterocycles. The normalized spacial score (nSPS) is 23.7. The Hall–Kier alpha value is -1.64. The number of hydrogen-bond acceptors (Lipinski definition) is 4. The first kappa shape index (κ1) is 20.1. The average Bonchev–Trinajstić information content (AvgIpc) is 2.67. The quantitative estimate of drug-likeness (QED) is 0.762. The minimum absolute atomic E-state index is 0.0463. The van der Waals surface area contributed by atoms with Crippen LogP contribution in [0.4, 0.5) is 0 Å². The van der Waals surface area contributed by atoms with Crippen molar-refractivity contribution in [1.29, 1.82) is 0 Å². The molecular formula is C18H24ClN3O4S. The number of amides is 2. The summed E-state index contributed by atoms with van der Waals surface area (Å²) in [5.41, 5.74) is 0. The number of sulfonamides is 1. The summed E-state index contributed by atoms with van der Waals surface area (Å²) in [5, 5.41) is 3.21. The highest BCUT2D eigenvalue weighted by atomic mass is 35.5. The molecule has 27 heavy (non-hydrogen) atoms. The molecule has 3 rings (SSSR count). The number of carbonyl (C=O) groups is 2. The zero-order chi connectivity index (χ0) is 19.4. The zero-order valence-corrected chi connectivity index (χ0v) is 16.6. The number of halogens is 1. The van der Waals surface area contributed by atoms with Gasteiger partial charge in [0.2, 0.25) is 21.8 Å². The smallest absolute Gasteiger partial charge is 0.240 e. The maximum atomic E-state index is 12.6. The molecule has 2 N–H and O–H groups in total. The van der Waals surface area contributed by atoms with Gasteiger partial charge in [0, 0.05) is 30.6 Å². The summed E-state index contributed by atoms with van der Waals surface area (Å²) in [7, 11) is -3.56. The molecule has 0 radical (unpaired) electrons. The maximum Gasteiger partial charge on any atom is 0.240 e. The Bertz CT molecular complexity index is 789. The van der Waals surface area contributed by atoms with E-state index < -0.39 is 10.0 Å². The molecule has 2 aliphatic rings. The molecule has 7 nitrogen and oxygen atoms in total. The number of carbonyl (C=O) groups excluding carboxylic acids is 2. The number of benzene rings is 1. The SMILES string of the molecule is O=C1CN(C(=O)C2CCC(CNS(=O)(=O)c3ccc(Cl)cc3)CC2)CCN1. The molecule has 0 unspecified atom stereocenters. The second kappa shape index (κ2) is 8.58. The van der Waals surface area contributed by atoms with E-state index in [0.717, 1.165) is 25.7 Å². The van der Waals surface area contributed by atoms with Gasteiger partial charge in [-0.3, -0.25) is 9.59 Å². The highest BCUT2D eigenvalue weighted by Crippen LogP contribution is 2.30. The second-order valence-electron chi connectivity index (χ2n) is 7.13. The third kappa shape index (κ3) is 5.21. The van der Waals surface area contributed by atoms with Gasteiger partial charge in [-0.05, 0) is 55.9 Å².